The molecule has 1 aliphatic rings. The lowest BCUT2D eigenvalue weighted by Crippen LogP contribution is -2.53. The zero-order chi connectivity index (χ0) is 42.4. The molecule has 0 saturated carbocycles. The second-order valence-electron chi connectivity index (χ2n) is 13.1. The molecule has 1 amide bonds. The number of aryl methyl sites for hydroxylation is 2. The van der Waals surface area contributed by atoms with Gasteiger partial charge < -0.3 is 29.5 Å². The first-order valence-corrected chi connectivity index (χ1v) is 18.1. The number of benzene rings is 2. The fourth-order valence-corrected chi connectivity index (χ4v) is 6.33. The number of anilines is 2. The van der Waals surface area contributed by atoms with E-state index in [4.69, 9.17) is 4.74 Å². The molecule has 2 aromatic heterocycles. The minimum atomic E-state index is -4.67. The van der Waals surface area contributed by atoms with Crippen molar-refractivity contribution in [1.29, 1.82) is 0 Å². The molecular weight excluding hydrogens is 744 g/mol. The lowest BCUT2D eigenvalue weighted by Gasteiger charge is -2.38. The van der Waals surface area contributed by atoms with Gasteiger partial charge in [-0.15, -0.1) is 0 Å². The molecule has 0 radical (unpaired) electrons. The van der Waals surface area contributed by atoms with Crippen LogP contribution in [0.4, 0.5) is 37.7 Å². The van der Waals surface area contributed by atoms with Crippen LogP contribution in [0.3, 0.4) is 0 Å². The number of halogens is 6. The SMILES string of the molecule is CC.CC.Cc1cc(N2CCOC[C@@H]2C(F)(F)F)cc(F)c1C(=O)N[C@@H](Cc1ccc(-c2c(C(C)(F)F)cc(C)n(C)c2=O)c2ncc(N(C)C)cc12)C(=O)O. The molecule has 0 unspecified atom stereocenters. The van der Waals surface area contributed by atoms with Gasteiger partial charge in [-0.3, -0.25) is 14.6 Å². The van der Waals surface area contributed by atoms with Gasteiger partial charge >= 0.3 is 12.1 Å². The smallest absolute Gasteiger partial charge is 0.411 e. The predicted octanol–water partition coefficient (Wildman–Crippen LogP) is 7.78. The Morgan fingerprint density at radius 2 is 1.70 bits per heavy atom. The average molecular weight is 794 g/mol. The summed E-state index contributed by atoms with van der Waals surface area (Å²) in [6, 6.07) is 4.06. The maximum absolute atomic E-state index is 15.5. The first kappa shape index (κ1) is 45.3. The molecule has 4 aromatic rings. The molecule has 1 aliphatic heterocycles. The van der Waals surface area contributed by atoms with Crippen LogP contribution in [0.15, 0.2) is 47.4 Å². The lowest BCUT2D eigenvalue weighted by molar-refractivity contribution is -0.167. The van der Waals surface area contributed by atoms with E-state index in [2.05, 4.69) is 10.3 Å². The third-order valence-corrected chi connectivity index (χ3v) is 9.22. The summed E-state index contributed by atoms with van der Waals surface area (Å²) in [6.45, 7) is 10.7. The highest BCUT2D eigenvalue weighted by Crippen LogP contribution is 2.38. The van der Waals surface area contributed by atoms with Crippen LogP contribution < -0.4 is 20.7 Å². The Balaban J connectivity index is 0.00000204. The summed E-state index contributed by atoms with van der Waals surface area (Å²) in [5.74, 6) is -7.16. The Kier molecular flexibility index (Phi) is 14.7. The van der Waals surface area contributed by atoms with Gasteiger partial charge in [-0.2, -0.15) is 13.2 Å². The number of carboxylic acid groups (broad SMARTS) is 1. The summed E-state index contributed by atoms with van der Waals surface area (Å²) >= 11 is 0. The van der Waals surface area contributed by atoms with E-state index in [0.29, 0.717) is 29.3 Å². The van der Waals surface area contributed by atoms with E-state index in [1.165, 1.54) is 55.9 Å². The number of nitrogens with zero attached hydrogens (tertiary/aromatic N) is 4. The van der Waals surface area contributed by atoms with Crippen molar-refractivity contribution in [1.82, 2.24) is 14.9 Å². The average Bonchev–Trinajstić information content (AvgIpc) is 3.14. The van der Waals surface area contributed by atoms with Gasteiger partial charge in [0.05, 0.1) is 41.7 Å². The Morgan fingerprint density at radius 3 is 2.25 bits per heavy atom. The van der Waals surface area contributed by atoms with Crippen LogP contribution in [0.1, 0.15) is 67.4 Å². The second kappa shape index (κ2) is 18.2. The van der Waals surface area contributed by atoms with E-state index in [1.807, 2.05) is 27.7 Å². The molecule has 56 heavy (non-hydrogen) atoms. The number of morpholine rings is 1. The summed E-state index contributed by atoms with van der Waals surface area (Å²) in [6.07, 6.45) is -3.57. The van der Waals surface area contributed by atoms with E-state index in [1.54, 1.807) is 25.1 Å². The number of rotatable bonds is 9. The topological polar surface area (TPSA) is 117 Å². The van der Waals surface area contributed by atoms with Crippen LogP contribution in [0.25, 0.3) is 22.0 Å². The number of fused-ring (bicyclic) bond motifs is 1. The normalized spacial score (nSPS) is 14.9. The van der Waals surface area contributed by atoms with Crippen LogP contribution in [0.5, 0.6) is 0 Å². The van der Waals surface area contributed by atoms with Gasteiger partial charge in [0.1, 0.15) is 17.9 Å². The molecule has 1 saturated heterocycles. The van der Waals surface area contributed by atoms with Crippen molar-refractivity contribution >= 4 is 34.2 Å². The number of alkyl halides is 5. The first-order chi connectivity index (χ1) is 26.2. The highest BCUT2D eigenvalue weighted by molar-refractivity contribution is 6.00. The van der Waals surface area contributed by atoms with Crippen LogP contribution in [0, 0.1) is 19.7 Å². The number of nitrogens with one attached hydrogen (secondary N) is 1. The van der Waals surface area contributed by atoms with Crippen LogP contribution in [-0.4, -0.2) is 78.6 Å². The summed E-state index contributed by atoms with van der Waals surface area (Å²) in [5, 5.41) is 12.8. The fraction of sp³-hybridized carbons (Fsp3) is 0.450. The number of carbonyl (C=O) groups is 2. The minimum absolute atomic E-state index is 0.0229. The van der Waals surface area contributed by atoms with Crippen LogP contribution >= 0.6 is 0 Å². The van der Waals surface area contributed by atoms with E-state index >= 15 is 4.39 Å². The molecule has 16 heteroatoms. The monoisotopic (exact) mass is 793 g/mol. The number of hydrogen-bond donors (Lipinski definition) is 2. The molecule has 2 aromatic carbocycles. The highest BCUT2D eigenvalue weighted by Gasteiger charge is 2.46. The zero-order valence-electron chi connectivity index (χ0n) is 33.2. The molecule has 0 spiro atoms. The van der Waals surface area contributed by atoms with Gasteiger partial charge in [0.2, 0.25) is 0 Å². The third-order valence-electron chi connectivity index (χ3n) is 9.22. The molecule has 306 valence electrons. The molecule has 2 atom stereocenters. The van der Waals surface area contributed by atoms with E-state index < -0.39 is 65.2 Å². The van der Waals surface area contributed by atoms with Crippen molar-refractivity contribution in [3.05, 3.63) is 86.7 Å². The minimum Gasteiger partial charge on any atom is -0.480 e. The number of ether oxygens (including phenoxy) is 1. The first-order valence-electron chi connectivity index (χ1n) is 18.1. The molecular formula is C40H49F6N5O5. The summed E-state index contributed by atoms with van der Waals surface area (Å²) in [5.41, 5.74) is -0.775. The van der Waals surface area contributed by atoms with Crippen molar-refractivity contribution in [2.24, 2.45) is 7.05 Å². The highest BCUT2D eigenvalue weighted by atomic mass is 19.4. The zero-order valence-corrected chi connectivity index (χ0v) is 33.2. The summed E-state index contributed by atoms with van der Waals surface area (Å²) < 4.78 is 92.6. The number of carboxylic acids is 1. The van der Waals surface area contributed by atoms with Crippen LogP contribution in [-0.2, 0) is 28.9 Å². The molecule has 0 aliphatic carbocycles. The quantitative estimate of drug-likeness (QED) is 0.165. The van der Waals surface area contributed by atoms with Crippen molar-refractivity contribution < 1.29 is 45.8 Å². The molecule has 3 heterocycles. The van der Waals surface area contributed by atoms with E-state index in [0.717, 1.165) is 11.0 Å². The van der Waals surface area contributed by atoms with Gasteiger partial charge in [-0.25, -0.2) is 18.0 Å². The number of aromatic nitrogens is 2. The summed E-state index contributed by atoms with van der Waals surface area (Å²) in [4.78, 5) is 46.6. The predicted molar refractivity (Wildman–Crippen MR) is 205 cm³/mol. The van der Waals surface area contributed by atoms with Gasteiger partial charge in [-0.05, 0) is 49.2 Å². The Labute approximate surface area is 322 Å². The number of carbonyl (C=O) groups excluding carboxylic acids is 1. The lowest BCUT2D eigenvalue weighted by atomic mass is 9.91. The van der Waals surface area contributed by atoms with E-state index in [-0.39, 0.29) is 47.5 Å². The summed E-state index contributed by atoms with van der Waals surface area (Å²) in [7, 11) is 4.90. The van der Waals surface area contributed by atoms with Gasteiger partial charge in [0, 0.05) is 68.9 Å². The van der Waals surface area contributed by atoms with Gasteiger partial charge in [0.15, 0.2) is 0 Å². The standard InChI is InChI=1S/C36H37F6N5O5.2C2H6/c1-18-11-21(47-9-10-52-17-28(47)36(40,41)42)15-26(37)29(18)32(48)44-27(34(50)51)13-20-7-8-23(31-24(20)14-22(16-43-31)45(4)5)30-25(35(3,38)39)12-19(2)46(6)33(30)49;2*1-2/h7-8,11-12,14-16,27-28H,9-10,13,17H2,1-6H3,(H,44,48)(H,50,51);2*1-2H3/t27-,28+;;/m0../s1. The largest absolute Gasteiger partial charge is 0.480 e. The molecule has 5 rings (SSSR count). The maximum atomic E-state index is 15.5. The van der Waals surface area contributed by atoms with Crippen LogP contribution in [0.2, 0.25) is 0 Å². The Bertz CT molecular complexity index is 2090. The third kappa shape index (κ3) is 9.63. The number of pyridine rings is 2. The molecule has 10 nitrogen and oxygen atoms in total. The molecule has 1 fully saturated rings. The Hall–Kier alpha value is -5.12. The van der Waals surface area contributed by atoms with Crippen molar-refractivity contribution in [2.45, 2.75) is 79.1 Å². The molecule has 0 bridgehead atoms. The fourth-order valence-electron chi connectivity index (χ4n) is 6.33. The van der Waals surface area contributed by atoms with E-state index in [9.17, 15) is 41.4 Å². The second-order valence-corrected chi connectivity index (χ2v) is 13.1. The van der Waals surface area contributed by atoms with Gasteiger partial charge in [-0.1, -0.05) is 39.8 Å². The molecule has 2 N–H and O–H groups in total. The number of hydrogen-bond acceptors (Lipinski definition) is 7. The Morgan fingerprint density at radius 1 is 1.05 bits per heavy atom. The van der Waals surface area contributed by atoms with Gasteiger partial charge in [0.25, 0.3) is 17.4 Å². The van der Waals surface area contributed by atoms with Crippen molar-refractivity contribution in [2.75, 3.05) is 43.7 Å². The van der Waals surface area contributed by atoms with Crippen molar-refractivity contribution in [3.8, 4) is 11.1 Å². The number of aliphatic carboxylic acids is 1. The van der Waals surface area contributed by atoms with Crippen molar-refractivity contribution in [3.63, 3.8) is 0 Å². The number of amides is 1. The maximum Gasteiger partial charge on any atom is 0.411 e.